The van der Waals surface area contributed by atoms with E-state index in [4.69, 9.17) is 0 Å². The maximum absolute atomic E-state index is 4.23. The molecule has 0 radical (unpaired) electrons. The summed E-state index contributed by atoms with van der Waals surface area (Å²) < 4.78 is 0. The van der Waals surface area contributed by atoms with Crippen LogP contribution in [0.15, 0.2) is 0 Å². The summed E-state index contributed by atoms with van der Waals surface area (Å²) in [5.74, 6) is 0.824. The first-order chi connectivity index (χ1) is 7.15. The summed E-state index contributed by atoms with van der Waals surface area (Å²) >= 11 is 7.17. The van der Waals surface area contributed by atoms with Crippen LogP contribution in [0, 0.1) is 5.41 Å². The lowest BCUT2D eigenvalue weighted by Gasteiger charge is -2.28. The summed E-state index contributed by atoms with van der Waals surface area (Å²) in [5, 5.41) is 14.0. The van der Waals surface area contributed by atoms with E-state index in [-0.39, 0.29) is 5.41 Å². The van der Waals surface area contributed by atoms with Gasteiger partial charge in [0, 0.05) is 17.1 Å². The lowest BCUT2D eigenvalue weighted by atomic mass is 9.84. The summed E-state index contributed by atoms with van der Waals surface area (Å²) in [6.45, 7) is 2.20. The molecular weight excluding hydrogens is 324 g/mol. The van der Waals surface area contributed by atoms with Crippen molar-refractivity contribution in [3.8, 4) is 0 Å². The zero-order valence-electron chi connectivity index (χ0n) is 9.08. The van der Waals surface area contributed by atoms with E-state index < -0.39 is 0 Å². The van der Waals surface area contributed by atoms with Crippen molar-refractivity contribution in [3.63, 3.8) is 0 Å². The molecule has 0 saturated heterocycles. The van der Waals surface area contributed by atoms with Crippen LogP contribution in [0.2, 0.25) is 0 Å². The van der Waals surface area contributed by atoms with Crippen molar-refractivity contribution in [1.82, 2.24) is 20.2 Å². The number of aromatic nitrogens is 4. The first kappa shape index (κ1) is 13.1. The second-order valence-electron chi connectivity index (χ2n) is 3.89. The van der Waals surface area contributed by atoms with Gasteiger partial charge in [0.25, 0.3) is 0 Å². The van der Waals surface area contributed by atoms with E-state index >= 15 is 0 Å². The van der Waals surface area contributed by atoms with Gasteiger partial charge in [0.1, 0.15) is 0 Å². The van der Waals surface area contributed by atoms with Crippen molar-refractivity contribution in [2.24, 2.45) is 12.5 Å². The standard InChI is InChI=1S/C9H16Br2N4/c1-3-4-9(6-10,7-11)5-8-12-14-15(2)13-8/h3-7H2,1-2H3. The SMILES string of the molecule is CCCC(CBr)(CBr)Cc1nnn(C)n1. The third-order valence-corrected chi connectivity index (χ3v) is 4.81. The van der Waals surface area contributed by atoms with Gasteiger partial charge in [0.05, 0.1) is 7.05 Å². The van der Waals surface area contributed by atoms with E-state index in [2.05, 4.69) is 54.2 Å². The van der Waals surface area contributed by atoms with E-state index in [1.165, 1.54) is 4.80 Å². The Morgan fingerprint density at radius 1 is 1.33 bits per heavy atom. The predicted molar refractivity (Wildman–Crippen MR) is 67.4 cm³/mol. The van der Waals surface area contributed by atoms with Crippen LogP contribution >= 0.6 is 31.9 Å². The van der Waals surface area contributed by atoms with Crippen molar-refractivity contribution in [2.75, 3.05) is 10.7 Å². The van der Waals surface area contributed by atoms with Crippen LogP contribution in [0.25, 0.3) is 0 Å². The minimum Gasteiger partial charge on any atom is -0.167 e. The normalized spacial score (nSPS) is 12.0. The molecule has 1 rings (SSSR count). The van der Waals surface area contributed by atoms with Crippen molar-refractivity contribution >= 4 is 31.9 Å². The highest BCUT2D eigenvalue weighted by molar-refractivity contribution is 9.09. The zero-order valence-corrected chi connectivity index (χ0v) is 12.3. The molecule has 0 fully saturated rings. The first-order valence-electron chi connectivity index (χ1n) is 5.00. The molecule has 0 aliphatic carbocycles. The Bertz CT molecular complexity index is 296. The van der Waals surface area contributed by atoms with E-state index in [0.29, 0.717) is 0 Å². The number of alkyl halides is 2. The summed E-state index contributed by atoms with van der Waals surface area (Å²) in [5.41, 5.74) is 0.206. The molecular formula is C9H16Br2N4. The van der Waals surface area contributed by atoms with Gasteiger partial charge in [-0.05, 0) is 17.0 Å². The van der Waals surface area contributed by atoms with Crippen LogP contribution in [0.4, 0.5) is 0 Å². The van der Waals surface area contributed by atoms with Crippen LogP contribution in [0.3, 0.4) is 0 Å². The van der Waals surface area contributed by atoms with Gasteiger partial charge in [-0.1, -0.05) is 45.2 Å². The van der Waals surface area contributed by atoms with E-state index in [9.17, 15) is 0 Å². The Morgan fingerprint density at radius 3 is 2.40 bits per heavy atom. The Labute approximate surface area is 107 Å². The molecule has 1 aromatic rings. The number of tetrazole rings is 1. The van der Waals surface area contributed by atoms with Gasteiger partial charge in [-0.2, -0.15) is 4.80 Å². The lowest BCUT2D eigenvalue weighted by molar-refractivity contribution is 0.343. The van der Waals surface area contributed by atoms with Crippen molar-refractivity contribution in [2.45, 2.75) is 26.2 Å². The monoisotopic (exact) mass is 338 g/mol. The largest absolute Gasteiger partial charge is 0.175 e. The van der Waals surface area contributed by atoms with Crippen molar-refractivity contribution < 1.29 is 0 Å². The summed E-state index contributed by atoms with van der Waals surface area (Å²) in [4.78, 5) is 1.51. The van der Waals surface area contributed by atoms with Crippen LogP contribution in [-0.4, -0.2) is 30.9 Å². The second-order valence-corrected chi connectivity index (χ2v) is 5.01. The van der Waals surface area contributed by atoms with E-state index in [1.807, 2.05) is 0 Å². The third kappa shape index (κ3) is 3.52. The quantitative estimate of drug-likeness (QED) is 0.747. The average molecular weight is 340 g/mol. The molecule has 0 amide bonds. The highest BCUT2D eigenvalue weighted by Gasteiger charge is 2.29. The van der Waals surface area contributed by atoms with Crippen molar-refractivity contribution in [1.29, 1.82) is 0 Å². The predicted octanol–water partition coefficient (Wildman–Crippen LogP) is 2.33. The first-order valence-corrected chi connectivity index (χ1v) is 7.25. The van der Waals surface area contributed by atoms with Gasteiger partial charge in [-0.3, -0.25) is 0 Å². The molecule has 0 aliphatic heterocycles. The Hall–Kier alpha value is 0.0300. The number of aryl methyl sites for hydroxylation is 1. The van der Waals surface area contributed by atoms with Gasteiger partial charge < -0.3 is 0 Å². The molecule has 4 nitrogen and oxygen atoms in total. The van der Waals surface area contributed by atoms with Crippen molar-refractivity contribution in [3.05, 3.63) is 5.82 Å². The fraction of sp³-hybridized carbons (Fsp3) is 0.889. The van der Waals surface area contributed by atoms with Crippen LogP contribution in [0.1, 0.15) is 25.6 Å². The smallest absolute Gasteiger partial charge is 0.167 e. The molecule has 0 bridgehead atoms. The second kappa shape index (κ2) is 5.94. The molecule has 0 aromatic carbocycles. The van der Waals surface area contributed by atoms with Crippen LogP contribution in [0.5, 0.6) is 0 Å². The average Bonchev–Trinajstić information content (AvgIpc) is 2.63. The highest BCUT2D eigenvalue weighted by atomic mass is 79.9. The minimum absolute atomic E-state index is 0.206. The maximum Gasteiger partial charge on any atom is 0.175 e. The maximum atomic E-state index is 4.23. The Balaban J connectivity index is 2.73. The van der Waals surface area contributed by atoms with Crippen LogP contribution < -0.4 is 0 Å². The number of hydrogen-bond donors (Lipinski definition) is 0. The summed E-state index contributed by atoms with van der Waals surface area (Å²) in [6.07, 6.45) is 3.18. The van der Waals surface area contributed by atoms with Crippen LogP contribution in [-0.2, 0) is 13.5 Å². The number of rotatable bonds is 6. The molecule has 15 heavy (non-hydrogen) atoms. The lowest BCUT2D eigenvalue weighted by Crippen LogP contribution is -2.28. The fourth-order valence-electron chi connectivity index (χ4n) is 1.61. The zero-order chi connectivity index (χ0) is 11.3. The topological polar surface area (TPSA) is 43.6 Å². The molecule has 0 spiro atoms. The molecule has 0 unspecified atom stereocenters. The van der Waals surface area contributed by atoms with E-state index in [0.717, 1.165) is 35.7 Å². The molecule has 0 atom stereocenters. The minimum atomic E-state index is 0.206. The number of nitrogens with zero attached hydrogens (tertiary/aromatic N) is 4. The molecule has 0 N–H and O–H groups in total. The molecule has 86 valence electrons. The molecule has 1 aromatic heterocycles. The summed E-state index contributed by atoms with van der Waals surface area (Å²) in [7, 11) is 1.79. The number of halogens is 2. The third-order valence-electron chi connectivity index (χ3n) is 2.43. The van der Waals surface area contributed by atoms with E-state index in [1.54, 1.807) is 7.05 Å². The summed E-state index contributed by atoms with van der Waals surface area (Å²) in [6, 6.07) is 0. The van der Waals surface area contributed by atoms with Gasteiger partial charge >= 0.3 is 0 Å². The van der Waals surface area contributed by atoms with Gasteiger partial charge in [0.2, 0.25) is 0 Å². The fourth-order valence-corrected chi connectivity index (χ4v) is 3.50. The molecule has 1 heterocycles. The Morgan fingerprint density at radius 2 is 2.00 bits per heavy atom. The molecule has 0 aliphatic rings. The molecule has 6 heteroatoms. The highest BCUT2D eigenvalue weighted by Crippen LogP contribution is 2.32. The Kier molecular flexibility index (Phi) is 5.18. The van der Waals surface area contributed by atoms with Gasteiger partial charge in [0.15, 0.2) is 5.82 Å². The molecule has 0 saturated carbocycles. The number of hydrogen-bond acceptors (Lipinski definition) is 3. The van der Waals surface area contributed by atoms with Gasteiger partial charge in [-0.25, -0.2) is 0 Å². The van der Waals surface area contributed by atoms with Gasteiger partial charge in [-0.15, -0.1) is 10.2 Å².